The number of nitro benzene ring substituents is 1. The number of hydrogen-bond acceptors (Lipinski definition) is 7. The second kappa shape index (κ2) is 9.18. The van der Waals surface area contributed by atoms with Crippen LogP contribution in [0.25, 0.3) is 0 Å². The first-order chi connectivity index (χ1) is 13.0. The van der Waals surface area contributed by atoms with Gasteiger partial charge in [-0.2, -0.15) is 5.10 Å². The first-order valence-corrected chi connectivity index (χ1v) is 7.87. The number of amides is 1. The Bertz CT molecular complexity index is 849. The number of rotatable bonds is 8. The first-order valence-electron chi connectivity index (χ1n) is 7.87. The molecular weight excluding hydrogens is 354 g/mol. The van der Waals surface area contributed by atoms with Crippen molar-refractivity contribution in [2.45, 2.75) is 6.92 Å². The van der Waals surface area contributed by atoms with Gasteiger partial charge in [0, 0.05) is 23.3 Å². The maximum atomic E-state index is 11.8. The molecule has 0 aromatic heterocycles. The summed E-state index contributed by atoms with van der Waals surface area (Å²) >= 11 is 0. The molecule has 142 valence electrons. The molecule has 0 saturated heterocycles. The largest absolute Gasteiger partial charge is 0.496 e. The summed E-state index contributed by atoms with van der Waals surface area (Å²) in [5.41, 5.74) is 3.78. The summed E-state index contributed by atoms with van der Waals surface area (Å²) < 4.78 is 15.8. The maximum absolute atomic E-state index is 11.8. The van der Waals surface area contributed by atoms with Gasteiger partial charge in [-0.15, -0.1) is 0 Å². The Kier molecular flexibility index (Phi) is 6.70. The van der Waals surface area contributed by atoms with Crippen LogP contribution in [0.5, 0.6) is 17.2 Å². The molecule has 0 aliphatic rings. The van der Waals surface area contributed by atoms with Gasteiger partial charge in [-0.1, -0.05) is 0 Å². The normalized spacial score (nSPS) is 10.5. The van der Waals surface area contributed by atoms with Gasteiger partial charge < -0.3 is 14.2 Å². The number of carbonyl (C=O) groups is 1. The Morgan fingerprint density at radius 1 is 1.19 bits per heavy atom. The molecular formula is C18H19N3O6. The summed E-state index contributed by atoms with van der Waals surface area (Å²) in [6, 6.07) is 8.96. The van der Waals surface area contributed by atoms with Gasteiger partial charge in [0.2, 0.25) is 0 Å². The van der Waals surface area contributed by atoms with E-state index < -0.39 is 10.8 Å². The molecule has 9 heteroatoms. The second-order valence-corrected chi connectivity index (χ2v) is 5.35. The minimum absolute atomic E-state index is 0.0554. The van der Waals surface area contributed by atoms with Crippen molar-refractivity contribution >= 4 is 17.8 Å². The van der Waals surface area contributed by atoms with Crippen molar-refractivity contribution in [3.05, 3.63) is 57.6 Å². The molecule has 2 aromatic rings. The monoisotopic (exact) mass is 373 g/mol. The van der Waals surface area contributed by atoms with Crippen LogP contribution in [0.4, 0.5) is 5.69 Å². The highest BCUT2D eigenvalue weighted by Crippen LogP contribution is 2.30. The molecule has 27 heavy (non-hydrogen) atoms. The number of nitrogens with zero attached hydrogens (tertiary/aromatic N) is 2. The number of ether oxygens (including phenoxy) is 3. The molecule has 0 aliphatic heterocycles. The average Bonchev–Trinajstić information content (AvgIpc) is 2.67. The van der Waals surface area contributed by atoms with Crippen molar-refractivity contribution in [3.8, 4) is 17.2 Å². The molecule has 0 aliphatic carbocycles. The van der Waals surface area contributed by atoms with Crippen molar-refractivity contribution in [3.63, 3.8) is 0 Å². The third-order valence-electron chi connectivity index (χ3n) is 3.62. The molecule has 9 nitrogen and oxygen atoms in total. The van der Waals surface area contributed by atoms with Crippen LogP contribution in [0.3, 0.4) is 0 Å². The number of benzene rings is 2. The Balaban J connectivity index is 1.91. The number of methoxy groups -OCH3 is 2. The highest BCUT2D eigenvalue weighted by atomic mass is 16.6. The number of nitrogens with one attached hydrogen (secondary N) is 1. The van der Waals surface area contributed by atoms with E-state index in [4.69, 9.17) is 14.2 Å². The van der Waals surface area contributed by atoms with Crippen LogP contribution in [0.15, 0.2) is 41.5 Å². The summed E-state index contributed by atoms with van der Waals surface area (Å²) in [6.07, 6.45) is 1.45. The molecule has 0 bridgehead atoms. The number of hydrogen-bond donors (Lipinski definition) is 1. The van der Waals surface area contributed by atoms with E-state index in [1.807, 2.05) is 6.92 Å². The fourth-order valence-electron chi connectivity index (χ4n) is 2.31. The van der Waals surface area contributed by atoms with Gasteiger partial charge in [-0.25, -0.2) is 5.43 Å². The summed E-state index contributed by atoms with van der Waals surface area (Å²) in [6.45, 7) is 1.57. The zero-order valence-corrected chi connectivity index (χ0v) is 15.1. The third-order valence-corrected chi connectivity index (χ3v) is 3.62. The first kappa shape index (κ1) is 19.7. The molecule has 0 atom stereocenters. The lowest BCUT2D eigenvalue weighted by Gasteiger charge is -2.11. The Morgan fingerprint density at radius 3 is 2.48 bits per heavy atom. The quantitative estimate of drug-likeness (QED) is 0.432. The van der Waals surface area contributed by atoms with Gasteiger partial charge in [-0.05, 0) is 31.2 Å². The Hall–Kier alpha value is -3.62. The Morgan fingerprint density at radius 2 is 1.89 bits per heavy atom. The zero-order chi connectivity index (χ0) is 19.8. The minimum atomic E-state index is -0.514. The molecule has 0 unspecified atom stereocenters. The SMILES string of the molecule is COc1ccc(C=NNC(=O)COc2ccc([N+](=O)[O-])cc2)c(OC)c1C. The number of carbonyl (C=O) groups excluding carboxylic acids is 1. The van der Waals surface area contributed by atoms with Gasteiger partial charge in [0.15, 0.2) is 6.61 Å². The molecule has 0 fully saturated rings. The molecule has 0 radical (unpaired) electrons. The zero-order valence-electron chi connectivity index (χ0n) is 15.1. The minimum Gasteiger partial charge on any atom is -0.496 e. The van der Waals surface area contributed by atoms with E-state index in [1.165, 1.54) is 37.6 Å². The van der Waals surface area contributed by atoms with E-state index in [0.29, 0.717) is 22.8 Å². The van der Waals surface area contributed by atoms with Gasteiger partial charge in [0.25, 0.3) is 11.6 Å². The standard InChI is InChI=1S/C18H19N3O6/c1-12-16(25-2)9-4-13(18(12)26-3)10-19-20-17(22)11-27-15-7-5-14(6-8-15)21(23)24/h4-10H,11H2,1-3H3,(H,20,22). The van der Waals surface area contributed by atoms with Crippen LogP contribution in [-0.2, 0) is 4.79 Å². The van der Waals surface area contributed by atoms with Gasteiger partial charge in [0.1, 0.15) is 17.2 Å². The van der Waals surface area contributed by atoms with Crippen LogP contribution < -0.4 is 19.6 Å². The molecule has 2 rings (SSSR count). The van der Waals surface area contributed by atoms with Gasteiger partial charge >= 0.3 is 0 Å². The fraction of sp³-hybridized carbons (Fsp3) is 0.222. The summed E-state index contributed by atoms with van der Waals surface area (Å²) in [5, 5.41) is 14.5. The van der Waals surface area contributed by atoms with Crippen LogP contribution in [-0.4, -0.2) is 37.9 Å². The average molecular weight is 373 g/mol. The van der Waals surface area contributed by atoms with Gasteiger partial charge in [0.05, 0.1) is 25.4 Å². The molecule has 1 N–H and O–H groups in total. The number of non-ortho nitro benzene ring substituents is 1. The van der Waals surface area contributed by atoms with E-state index in [0.717, 1.165) is 5.56 Å². The lowest BCUT2D eigenvalue weighted by atomic mass is 10.1. The summed E-state index contributed by atoms with van der Waals surface area (Å²) in [5.74, 6) is 1.14. The van der Waals surface area contributed by atoms with E-state index >= 15 is 0 Å². The van der Waals surface area contributed by atoms with Gasteiger partial charge in [-0.3, -0.25) is 14.9 Å². The van der Waals surface area contributed by atoms with Crippen LogP contribution in [0.1, 0.15) is 11.1 Å². The third kappa shape index (κ3) is 5.18. The van der Waals surface area contributed by atoms with Crippen molar-refractivity contribution in [2.24, 2.45) is 5.10 Å². The summed E-state index contributed by atoms with van der Waals surface area (Å²) in [4.78, 5) is 21.9. The topological polar surface area (TPSA) is 112 Å². The molecule has 0 spiro atoms. The summed E-state index contributed by atoms with van der Waals surface area (Å²) in [7, 11) is 3.11. The highest BCUT2D eigenvalue weighted by molar-refractivity contribution is 5.86. The van der Waals surface area contributed by atoms with E-state index in [2.05, 4.69) is 10.5 Å². The lowest BCUT2D eigenvalue weighted by molar-refractivity contribution is -0.384. The number of hydrazone groups is 1. The Labute approximate surface area is 155 Å². The van der Waals surface area contributed by atoms with Crippen LogP contribution in [0, 0.1) is 17.0 Å². The molecule has 2 aromatic carbocycles. The van der Waals surface area contributed by atoms with E-state index in [-0.39, 0.29) is 12.3 Å². The fourth-order valence-corrected chi connectivity index (χ4v) is 2.31. The predicted octanol–water partition coefficient (Wildman–Crippen LogP) is 2.45. The lowest BCUT2D eigenvalue weighted by Crippen LogP contribution is -2.24. The molecule has 0 heterocycles. The highest BCUT2D eigenvalue weighted by Gasteiger charge is 2.10. The van der Waals surface area contributed by atoms with Crippen molar-refractivity contribution in [2.75, 3.05) is 20.8 Å². The number of nitro groups is 1. The predicted molar refractivity (Wildman–Crippen MR) is 98.6 cm³/mol. The molecule has 0 saturated carbocycles. The van der Waals surface area contributed by atoms with E-state index in [1.54, 1.807) is 19.2 Å². The molecule has 1 amide bonds. The van der Waals surface area contributed by atoms with Crippen LogP contribution in [0.2, 0.25) is 0 Å². The van der Waals surface area contributed by atoms with Crippen LogP contribution >= 0.6 is 0 Å². The van der Waals surface area contributed by atoms with E-state index in [9.17, 15) is 14.9 Å². The van der Waals surface area contributed by atoms with Crippen molar-refractivity contribution in [1.82, 2.24) is 5.43 Å². The smallest absolute Gasteiger partial charge is 0.277 e. The maximum Gasteiger partial charge on any atom is 0.277 e. The second-order valence-electron chi connectivity index (χ2n) is 5.35. The van der Waals surface area contributed by atoms with Crippen molar-refractivity contribution in [1.29, 1.82) is 0 Å². The van der Waals surface area contributed by atoms with Crippen molar-refractivity contribution < 1.29 is 23.9 Å².